The van der Waals surface area contributed by atoms with Crippen LogP contribution in [0.25, 0.3) is 101 Å². The van der Waals surface area contributed by atoms with Crippen molar-refractivity contribution in [1.82, 2.24) is 29.9 Å². The molecule has 0 aliphatic carbocycles. The Morgan fingerprint density at radius 2 is 0.550 bits per heavy atom. The minimum absolute atomic E-state index is 0.617. The Morgan fingerprint density at radius 1 is 0.250 bits per heavy atom. The molecule has 284 valence electrons. The number of aryl methyl sites for hydroxylation is 2. The van der Waals surface area contributed by atoms with Crippen molar-refractivity contribution >= 4 is 10.8 Å². The molecule has 0 saturated heterocycles. The number of aromatic nitrogens is 6. The highest BCUT2D eigenvalue weighted by Gasteiger charge is 2.17. The third-order valence-corrected chi connectivity index (χ3v) is 10.7. The predicted octanol–water partition coefficient (Wildman–Crippen LogP) is 13.2. The van der Waals surface area contributed by atoms with Gasteiger partial charge in [0.2, 0.25) is 0 Å². The van der Waals surface area contributed by atoms with Gasteiger partial charge in [0.25, 0.3) is 0 Å². The molecule has 0 atom stereocenters. The first-order valence-corrected chi connectivity index (χ1v) is 20.0. The largest absolute Gasteiger partial charge is 0.208 e. The summed E-state index contributed by atoms with van der Waals surface area (Å²) in [4.78, 5) is 30.0. The summed E-state index contributed by atoms with van der Waals surface area (Å²) in [5.41, 5.74) is 12.3. The van der Waals surface area contributed by atoms with Gasteiger partial charge in [-0.15, -0.1) is 0 Å². The van der Waals surface area contributed by atoms with Gasteiger partial charge in [0, 0.05) is 33.4 Å². The van der Waals surface area contributed by atoms with E-state index < -0.39 is 0 Å². The van der Waals surface area contributed by atoms with Crippen LogP contribution in [0.2, 0.25) is 0 Å². The van der Waals surface area contributed by atoms with Crippen molar-refractivity contribution < 1.29 is 0 Å². The topological polar surface area (TPSA) is 77.3 Å². The molecular weight excluding hydrogens is 733 g/mol. The maximum Gasteiger partial charge on any atom is 0.164 e. The summed E-state index contributed by atoms with van der Waals surface area (Å²) < 4.78 is 0. The zero-order valence-electron chi connectivity index (χ0n) is 33.2. The third-order valence-electron chi connectivity index (χ3n) is 10.7. The molecule has 0 bridgehead atoms. The van der Waals surface area contributed by atoms with Crippen molar-refractivity contribution in [2.75, 3.05) is 0 Å². The van der Waals surface area contributed by atoms with E-state index in [1.165, 1.54) is 11.1 Å². The van der Waals surface area contributed by atoms with E-state index in [1.807, 2.05) is 60.7 Å². The summed E-state index contributed by atoms with van der Waals surface area (Å²) in [6.07, 6.45) is 0. The van der Waals surface area contributed by atoms with E-state index in [4.69, 9.17) is 29.9 Å². The Kier molecular flexibility index (Phi) is 9.56. The van der Waals surface area contributed by atoms with Crippen molar-refractivity contribution in [1.29, 1.82) is 0 Å². The first kappa shape index (κ1) is 36.4. The van der Waals surface area contributed by atoms with Crippen LogP contribution in [0.4, 0.5) is 0 Å². The summed E-state index contributed by atoms with van der Waals surface area (Å²) in [7, 11) is 0. The van der Waals surface area contributed by atoms with Gasteiger partial charge in [-0.1, -0.05) is 193 Å². The van der Waals surface area contributed by atoms with E-state index in [0.29, 0.717) is 34.9 Å². The van der Waals surface area contributed by atoms with Crippen molar-refractivity contribution in [3.05, 3.63) is 205 Å². The molecule has 2 aromatic heterocycles. The van der Waals surface area contributed by atoms with Crippen molar-refractivity contribution in [3.63, 3.8) is 0 Å². The fourth-order valence-corrected chi connectivity index (χ4v) is 7.58. The molecule has 0 radical (unpaired) electrons. The molecule has 0 amide bonds. The monoisotopic (exact) mass is 770 g/mol. The van der Waals surface area contributed by atoms with E-state index in [0.717, 1.165) is 66.4 Å². The molecule has 0 aliphatic rings. The molecule has 0 spiro atoms. The number of benzene rings is 8. The van der Waals surface area contributed by atoms with Gasteiger partial charge in [-0.2, -0.15) is 0 Å². The van der Waals surface area contributed by atoms with Gasteiger partial charge >= 0.3 is 0 Å². The normalized spacial score (nSPS) is 11.2. The van der Waals surface area contributed by atoms with E-state index in [2.05, 4.69) is 147 Å². The van der Waals surface area contributed by atoms with Crippen LogP contribution in [0.15, 0.2) is 194 Å². The third kappa shape index (κ3) is 7.34. The van der Waals surface area contributed by atoms with Gasteiger partial charge in [-0.3, -0.25) is 0 Å². The first-order chi connectivity index (χ1) is 29.5. The Labute approximate surface area is 349 Å². The Morgan fingerprint density at radius 3 is 0.933 bits per heavy atom. The smallest absolute Gasteiger partial charge is 0.164 e. The van der Waals surface area contributed by atoms with E-state index >= 15 is 0 Å². The number of fused-ring (bicyclic) bond motifs is 1. The number of rotatable bonds is 8. The van der Waals surface area contributed by atoms with Gasteiger partial charge < -0.3 is 0 Å². The summed E-state index contributed by atoms with van der Waals surface area (Å²) in [5, 5.41) is 2.29. The molecule has 0 saturated carbocycles. The molecule has 6 heteroatoms. The van der Waals surface area contributed by atoms with Crippen LogP contribution in [-0.2, 0) is 0 Å². The maximum atomic E-state index is 5.05. The zero-order chi connectivity index (χ0) is 40.4. The van der Waals surface area contributed by atoms with Crippen LogP contribution >= 0.6 is 0 Å². The van der Waals surface area contributed by atoms with Crippen LogP contribution < -0.4 is 0 Å². The highest BCUT2D eigenvalue weighted by molar-refractivity contribution is 6.07. The van der Waals surface area contributed by atoms with Crippen molar-refractivity contribution in [3.8, 4) is 90.6 Å². The first-order valence-electron chi connectivity index (χ1n) is 20.0. The fourth-order valence-electron chi connectivity index (χ4n) is 7.58. The molecule has 60 heavy (non-hydrogen) atoms. The van der Waals surface area contributed by atoms with Gasteiger partial charge in [0.15, 0.2) is 34.9 Å². The van der Waals surface area contributed by atoms with E-state index in [9.17, 15) is 0 Å². The average Bonchev–Trinajstić information content (AvgIpc) is 3.32. The van der Waals surface area contributed by atoms with Crippen LogP contribution in [0.1, 0.15) is 11.1 Å². The molecule has 10 rings (SSSR count). The minimum atomic E-state index is 0.617. The van der Waals surface area contributed by atoms with Gasteiger partial charge in [-0.05, 0) is 59.0 Å². The summed E-state index contributed by atoms with van der Waals surface area (Å²) in [6, 6.07) is 66.8. The zero-order valence-corrected chi connectivity index (χ0v) is 33.2. The van der Waals surface area contributed by atoms with E-state index in [-0.39, 0.29) is 0 Å². The van der Waals surface area contributed by atoms with Gasteiger partial charge in [-0.25, -0.2) is 29.9 Å². The van der Waals surface area contributed by atoms with Crippen LogP contribution in [0.5, 0.6) is 0 Å². The summed E-state index contributed by atoms with van der Waals surface area (Å²) >= 11 is 0. The van der Waals surface area contributed by atoms with Crippen LogP contribution in [-0.4, -0.2) is 29.9 Å². The lowest BCUT2D eigenvalue weighted by Crippen LogP contribution is -2.00. The summed E-state index contributed by atoms with van der Waals surface area (Å²) in [6.45, 7) is 4.16. The van der Waals surface area contributed by atoms with Crippen molar-refractivity contribution in [2.24, 2.45) is 0 Å². The van der Waals surface area contributed by atoms with Crippen molar-refractivity contribution in [2.45, 2.75) is 13.8 Å². The molecule has 6 nitrogen and oxygen atoms in total. The lowest BCUT2D eigenvalue weighted by Gasteiger charge is -2.15. The molecule has 10 aromatic rings. The standard InChI is InChI=1S/C54H38N6/c1-35-25-29-40(30-26-35)51-55-49(38-13-5-3-6-14-38)57-53(59-51)44-21-9-19-42(33-44)46-23-11-17-37-18-12-24-47(48(37)46)43-20-10-22-45(34-43)54-58-50(39-15-7-4-8-16-39)56-52(60-54)41-31-27-36(2)28-32-41/h3-34H,1-2H3. The molecule has 0 aliphatic heterocycles. The lowest BCUT2D eigenvalue weighted by molar-refractivity contribution is 1.07. The second-order valence-corrected chi connectivity index (χ2v) is 14.9. The van der Waals surface area contributed by atoms with Crippen LogP contribution in [0, 0.1) is 13.8 Å². The maximum absolute atomic E-state index is 5.05. The molecular formula is C54H38N6. The molecule has 8 aromatic carbocycles. The minimum Gasteiger partial charge on any atom is -0.208 e. The average molecular weight is 771 g/mol. The van der Waals surface area contributed by atoms with Gasteiger partial charge in [0.1, 0.15) is 0 Å². The molecule has 2 heterocycles. The quantitative estimate of drug-likeness (QED) is 0.153. The second kappa shape index (κ2) is 15.8. The SMILES string of the molecule is Cc1ccc(-c2nc(-c3ccccc3)nc(-c3cccc(-c4cccc5cccc(-c6cccc(-c7nc(-c8ccccc8)nc(-c8ccc(C)cc8)n7)c6)c45)c3)n2)cc1. The Balaban J connectivity index is 1.08. The predicted molar refractivity (Wildman–Crippen MR) is 244 cm³/mol. The highest BCUT2D eigenvalue weighted by atomic mass is 15.0. The highest BCUT2D eigenvalue weighted by Crippen LogP contribution is 2.39. The number of hydrogen-bond acceptors (Lipinski definition) is 6. The molecule has 0 fully saturated rings. The summed E-state index contributed by atoms with van der Waals surface area (Å²) in [5.74, 6) is 3.77. The van der Waals surface area contributed by atoms with Crippen LogP contribution in [0.3, 0.4) is 0 Å². The molecule has 0 unspecified atom stereocenters. The lowest BCUT2D eigenvalue weighted by atomic mass is 9.90. The molecule has 0 N–H and O–H groups in total. The Bertz CT molecular complexity index is 2930. The van der Waals surface area contributed by atoms with Gasteiger partial charge in [0.05, 0.1) is 0 Å². The van der Waals surface area contributed by atoms with E-state index in [1.54, 1.807) is 0 Å². The Hall–Kier alpha value is -7.96. The number of hydrogen-bond donors (Lipinski definition) is 0. The second-order valence-electron chi connectivity index (χ2n) is 14.9. The fraction of sp³-hybridized carbons (Fsp3) is 0.0370. The number of nitrogens with zero attached hydrogens (tertiary/aromatic N) is 6.